The number of unbranched alkanes of at least 4 members (excludes halogenated alkanes) is 1. The molecule has 3 rings (SSSR count). The first-order valence-corrected chi connectivity index (χ1v) is 9.57. The molecular weight excluding hydrogens is 370 g/mol. The maximum Gasteiger partial charge on any atom is 0.387 e. The molecule has 27 heavy (non-hydrogen) atoms. The van der Waals surface area contributed by atoms with E-state index in [4.69, 9.17) is 0 Å². The monoisotopic (exact) mass is 390 g/mol. The van der Waals surface area contributed by atoms with Crippen LogP contribution in [-0.2, 0) is 17.8 Å². The first kappa shape index (κ1) is 19.2. The maximum absolute atomic E-state index is 12.1. The van der Waals surface area contributed by atoms with Crippen LogP contribution >= 0.6 is 11.3 Å². The number of halogens is 2. The zero-order chi connectivity index (χ0) is 19.1. The minimum absolute atomic E-state index is 0.0211. The normalized spacial score (nSPS) is 11.1. The zero-order valence-electron chi connectivity index (χ0n) is 14.7. The van der Waals surface area contributed by atoms with E-state index in [9.17, 15) is 13.6 Å². The number of rotatable bonds is 9. The number of benzene rings is 2. The van der Waals surface area contributed by atoms with Crippen molar-refractivity contribution in [3.63, 3.8) is 0 Å². The number of ether oxygens (including phenoxy) is 1. The third kappa shape index (κ3) is 5.99. The topological polar surface area (TPSA) is 51.2 Å². The number of nitrogens with one attached hydrogen (secondary N) is 1. The molecule has 0 fully saturated rings. The highest BCUT2D eigenvalue weighted by Gasteiger charge is 2.06. The lowest BCUT2D eigenvalue weighted by Gasteiger charge is -2.07. The largest absolute Gasteiger partial charge is 0.435 e. The van der Waals surface area contributed by atoms with Gasteiger partial charge < -0.3 is 10.1 Å². The summed E-state index contributed by atoms with van der Waals surface area (Å²) in [5.74, 6) is 0.0853. The molecule has 0 aliphatic rings. The fraction of sp³-hybridized carbons (Fsp3) is 0.300. The third-order valence-electron chi connectivity index (χ3n) is 4.02. The number of carbonyl (C=O) groups is 1. The molecule has 3 aromatic rings. The molecule has 0 saturated heterocycles. The molecule has 1 heterocycles. The van der Waals surface area contributed by atoms with Crippen LogP contribution in [0.15, 0.2) is 48.5 Å². The van der Waals surface area contributed by atoms with Crippen LogP contribution in [-0.4, -0.2) is 17.5 Å². The van der Waals surface area contributed by atoms with Gasteiger partial charge in [0.15, 0.2) is 0 Å². The maximum atomic E-state index is 12.1. The second-order valence-corrected chi connectivity index (χ2v) is 7.20. The number of thiazole rings is 1. The average molecular weight is 390 g/mol. The predicted octanol–water partition coefficient (Wildman–Crippen LogP) is 4.93. The van der Waals surface area contributed by atoms with E-state index in [1.54, 1.807) is 23.5 Å². The molecule has 7 heteroatoms. The number of hydrogen-bond donors (Lipinski definition) is 1. The third-order valence-corrected chi connectivity index (χ3v) is 5.12. The standard InChI is InChI=1S/C20H20F2N2O2S/c21-20(22)26-15-11-9-14(10-12-15)13-23-18(25)7-3-4-8-19-24-16-5-1-2-6-17(16)27-19/h1-2,5-6,9-12,20H,3-4,7-8,13H2,(H,23,25). The number of hydrogen-bond acceptors (Lipinski definition) is 4. The van der Waals surface area contributed by atoms with Crippen LogP contribution in [0.4, 0.5) is 8.78 Å². The van der Waals surface area contributed by atoms with Crippen LogP contribution in [0.5, 0.6) is 5.75 Å². The molecule has 0 saturated carbocycles. The minimum atomic E-state index is -2.83. The van der Waals surface area contributed by atoms with Crippen molar-refractivity contribution in [3.05, 3.63) is 59.1 Å². The summed E-state index contributed by atoms with van der Waals surface area (Å²) in [5.41, 5.74) is 1.86. The lowest BCUT2D eigenvalue weighted by Crippen LogP contribution is -2.22. The molecule has 0 atom stereocenters. The Morgan fingerprint density at radius 1 is 1.11 bits per heavy atom. The van der Waals surface area contributed by atoms with Crippen LogP contribution in [0.3, 0.4) is 0 Å². The van der Waals surface area contributed by atoms with Crippen molar-refractivity contribution >= 4 is 27.5 Å². The van der Waals surface area contributed by atoms with Gasteiger partial charge in [-0.15, -0.1) is 11.3 Å². The van der Waals surface area contributed by atoms with Crippen molar-refractivity contribution < 1.29 is 18.3 Å². The van der Waals surface area contributed by atoms with E-state index >= 15 is 0 Å². The Labute approximate surface area is 160 Å². The Morgan fingerprint density at radius 2 is 1.89 bits per heavy atom. The van der Waals surface area contributed by atoms with Crippen molar-refractivity contribution in [2.24, 2.45) is 0 Å². The highest BCUT2D eigenvalue weighted by molar-refractivity contribution is 7.18. The van der Waals surface area contributed by atoms with E-state index in [1.165, 1.54) is 16.8 Å². The Kier molecular flexibility index (Phi) is 6.70. The van der Waals surface area contributed by atoms with Gasteiger partial charge in [0, 0.05) is 13.0 Å². The molecule has 0 bridgehead atoms. The van der Waals surface area contributed by atoms with E-state index < -0.39 is 6.61 Å². The average Bonchev–Trinajstić information content (AvgIpc) is 3.07. The van der Waals surface area contributed by atoms with Gasteiger partial charge in [0.05, 0.1) is 15.2 Å². The van der Waals surface area contributed by atoms with Gasteiger partial charge in [-0.25, -0.2) is 4.98 Å². The van der Waals surface area contributed by atoms with Crippen LogP contribution in [0, 0.1) is 0 Å². The summed E-state index contributed by atoms with van der Waals surface area (Å²) in [6.07, 6.45) is 3.03. The molecule has 0 aliphatic heterocycles. The van der Waals surface area contributed by atoms with Gasteiger partial charge in [-0.3, -0.25) is 4.79 Å². The molecule has 1 N–H and O–H groups in total. The van der Waals surface area contributed by atoms with Crippen LogP contribution in [0.2, 0.25) is 0 Å². The summed E-state index contributed by atoms with van der Waals surface area (Å²) in [6, 6.07) is 14.3. The molecule has 142 valence electrons. The van der Waals surface area contributed by atoms with E-state index in [2.05, 4.69) is 21.1 Å². The summed E-state index contributed by atoms with van der Waals surface area (Å²) >= 11 is 1.70. The molecule has 4 nitrogen and oxygen atoms in total. The Hall–Kier alpha value is -2.54. The molecule has 0 radical (unpaired) electrons. The van der Waals surface area contributed by atoms with Gasteiger partial charge in [-0.05, 0) is 49.1 Å². The minimum Gasteiger partial charge on any atom is -0.435 e. The lowest BCUT2D eigenvalue weighted by molar-refractivity contribution is -0.121. The zero-order valence-corrected chi connectivity index (χ0v) is 15.5. The number of alkyl halides is 2. The van der Waals surface area contributed by atoms with E-state index in [-0.39, 0.29) is 11.7 Å². The molecule has 2 aromatic carbocycles. The molecule has 1 amide bonds. The number of amides is 1. The number of fused-ring (bicyclic) bond motifs is 1. The van der Waals surface area contributed by atoms with Gasteiger partial charge in [0.25, 0.3) is 0 Å². The number of carbonyl (C=O) groups excluding carboxylic acids is 1. The highest BCUT2D eigenvalue weighted by atomic mass is 32.1. The molecular formula is C20H20F2N2O2S. The molecule has 0 aliphatic carbocycles. The smallest absolute Gasteiger partial charge is 0.387 e. The summed E-state index contributed by atoms with van der Waals surface area (Å²) in [5, 5.41) is 3.94. The van der Waals surface area contributed by atoms with E-state index in [0.29, 0.717) is 13.0 Å². The molecule has 1 aromatic heterocycles. The number of para-hydroxylation sites is 1. The van der Waals surface area contributed by atoms with Crippen LogP contribution < -0.4 is 10.1 Å². The fourth-order valence-corrected chi connectivity index (χ4v) is 3.68. The number of nitrogens with zero attached hydrogens (tertiary/aromatic N) is 1. The van der Waals surface area contributed by atoms with Gasteiger partial charge in [0.2, 0.25) is 5.91 Å². The van der Waals surface area contributed by atoms with Crippen molar-refractivity contribution in [2.75, 3.05) is 0 Å². The summed E-state index contributed by atoms with van der Waals surface area (Å²) in [7, 11) is 0. The predicted molar refractivity (Wildman–Crippen MR) is 102 cm³/mol. The lowest BCUT2D eigenvalue weighted by atomic mass is 10.2. The molecule has 0 spiro atoms. The fourth-order valence-electron chi connectivity index (χ4n) is 2.67. The van der Waals surface area contributed by atoms with E-state index in [0.717, 1.165) is 35.4 Å². The van der Waals surface area contributed by atoms with Crippen LogP contribution in [0.25, 0.3) is 10.2 Å². The first-order chi connectivity index (χ1) is 13.1. The second-order valence-electron chi connectivity index (χ2n) is 6.08. The van der Waals surface area contributed by atoms with Crippen molar-refractivity contribution in [1.82, 2.24) is 10.3 Å². The van der Waals surface area contributed by atoms with Crippen LogP contribution in [0.1, 0.15) is 29.8 Å². The van der Waals surface area contributed by atoms with Gasteiger partial charge >= 0.3 is 6.61 Å². The quantitative estimate of drug-likeness (QED) is 0.527. The summed E-state index contributed by atoms with van der Waals surface area (Å²) in [6.45, 7) is -2.47. The Morgan fingerprint density at radius 3 is 2.63 bits per heavy atom. The Bertz CT molecular complexity index is 848. The highest BCUT2D eigenvalue weighted by Crippen LogP contribution is 2.22. The van der Waals surface area contributed by atoms with Crippen molar-refractivity contribution in [3.8, 4) is 5.75 Å². The number of aromatic nitrogens is 1. The van der Waals surface area contributed by atoms with E-state index in [1.807, 2.05) is 18.2 Å². The van der Waals surface area contributed by atoms with Gasteiger partial charge in [-0.1, -0.05) is 24.3 Å². The van der Waals surface area contributed by atoms with Crippen molar-refractivity contribution in [2.45, 2.75) is 38.8 Å². The number of aryl methyl sites for hydroxylation is 1. The first-order valence-electron chi connectivity index (χ1n) is 8.75. The van der Waals surface area contributed by atoms with Gasteiger partial charge in [-0.2, -0.15) is 8.78 Å². The second kappa shape index (κ2) is 9.41. The van der Waals surface area contributed by atoms with Gasteiger partial charge in [0.1, 0.15) is 5.75 Å². The summed E-state index contributed by atoms with van der Waals surface area (Å²) < 4.78 is 29.7. The summed E-state index contributed by atoms with van der Waals surface area (Å²) in [4.78, 5) is 16.5. The molecule has 0 unspecified atom stereocenters. The van der Waals surface area contributed by atoms with Crippen molar-refractivity contribution in [1.29, 1.82) is 0 Å². The SMILES string of the molecule is O=C(CCCCc1nc2ccccc2s1)NCc1ccc(OC(F)F)cc1. The Balaban J connectivity index is 1.34.